The first-order valence-corrected chi connectivity index (χ1v) is 5.58. The molecule has 0 saturated carbocycles. The third-order valence-electron chi connectivity index (χ3n) is 2.54. The molecular formula is C12H16N4O. The van der Waals surface area contributed by atoms with Gasteiger partial charge in [0.1, 0.15) is 12.1 Å². The molecule has 0 amide bonds. The molecule has 5 nitrogen and oxygen atoms in total. The van der Waals surface area contributed by atoms with Crippen LogP contribution in [0.3, 0.4) is 0 Å². The van der Waals surface area contributed by atoms with E-state index in [2.05, 4.69) is 17.0 Å². The lowest BCUT2D eigenvalue weighted by atomic mass is 10.1. The van der Waals surface area contributed by atoms with E-state index < -0.39 is 0 Å². The summed E-state index contributed by atoms with van der Waals surface area (Å²) >= 11 is 0. The van der Waals surface area contributed by atoms with Crippen molar-refractivity contribution in [3.05, 3.63) is 36.2 Å². The third-order valence-corrected chi connectivity index (χ3v) is 2.54. The fourth-order valence-corrected chi connectivity index (χ4v) is 1.49. The van der Waals surface area contributed by atoms with Gasteiger partial charge in [-0.25, -0.2) is 0 Å². The Kier molecular flexibility index (Phi) is 3.39. The number of hydrogen-bond donors (Lipinski definition) is 1. The summed E-state index contributed by atoms with van der Waals surface area (Å²) in [5.41, 5.74) is 7.04. The maximum absolute atomic E-state index is 5.93. The van der Waals surface area contributed by atoms with Crippen molar-refractivity contribution >= 4 is 0 Å². The number of nitrogens with zero attached hydrogens (tertiary/aromatic N) is 3. The zero-order chi connectivity index (χ0) is 12.3. The molecule has 0 spiro atoms. The minimum atomic E-state index is 0.0806. The van der Waals surface area contributed by atoms with Crippen LogP contribution in [0.2, 0.25) is 0 Å². The first kappa shape index (κ1) is 11.6. The van der Waals surface area contributed by atoms with Gasteiger partial charge in [0.15, 0.2) is 0 Å². The maximum atomic E-state index is 5.93. The number of aryl methyl sites for hydroxylation is 1. The topological polar surface area (TPSA) is 66.0 Å². The highest BCUT2D eigenvalue weighted by atomic mass is 16.5. The minimum Gasteiger partial charge on any atom is -0.423 e. The van der Waals surface area contributed by atoms with Crippen LogP contribution in [0.25, 0.3) is 0 Å². The second-order valence-corrected chi connectivity index (χ2v) is 3.89. The van der Waals surface area contributed by atoms with Gasteiger partial charge in [-0.2, -0.15) is 4.98 Å². The summed E-state index contributed by atoms with van der Waals surface area (Å²) in [5.74, 6) is 0.711. The predicted octanol–water partition coefficient (Wildman–Crippen LogP) is 2.02. The van der Waals surface area contributed by atoms with E-state index in [1.54, 1.807) is 18.1 Å². The average molecular weight is 232 g/mol. The van der Waals surface area contributed by atoms with Gasteiger partial charge in [0.25, 0.3) is 0 Å². The van der Waals surface area contributed by atoms with Crippen molar-refractivity contribution in [2.24, 2.45) is 12.8 Å². The standard InChI is InChI=1S/C12H16N4O/c1-3-11(13)9-4-6-10(7-5-9)17-12-14-8-16(2)15-12/h4-8,11H,3,13H2,1-2H3. The number of nitrogens with two attached hydrogens (primary N) is 1. The summed E-state index contributed by atoms with van der Waals surface area (Å²) in [4.78, 5) is 3.99. The molecule has 2 rings (SSSR count). The molecule has 0 aliphatic rings. The molecule has 5 heteroatoms. The number of hydrogen-bond acceptors (Lipinski definition) is 4. The Bertz CT molecular complexity index is 478. The first-order chi connectivity index (χ1) is 8.19. The van der Waals surface area contributed by atoms with Crippen LogP contribution in [0, 0.1) is 0 Å². The zero-order valence-electron chi connectivity index (χ0n) is 10.00. The smallest absolute Gasteiger partial charge is 0.340 e. The monoisotopic (exact) mass is 232 g/mol. The van der Waals surface area contributed by atoms with Crippen LogP contribution in [0.4, 0.5) is 0 Å². The molecule has 0 aliphatic heterocycles. The molecule has 90 valence electrons. The van der Waals surface area contributed by atoms with Crippen LogP contribution in [0.5, 0.6) is 11.8 Å². The van der Waals surface area contributed by atoms with E-state index in [-0.39, 0.29) is 6.04 Å². The Hall–Kier alpha value is -1.88. The largest absolute Gasteiger partial charge is 0.423 e. The Balaban J connectivity index is 2.08. The van der Waals surface area contributed by atoms with Crippen molar-refractivity contribution in [2.75, 3.05) is 0 Å². The summed E-state index contributed by atoms with van der Waals surface area (Å²) in [6, 6.07) is 8.11. The molecule has 0 saturated heterocycles. The van der Waals surface area contributed by atoms with Gasteiger partial charge >= 0.3 is 6.01 Å². The number of ether oxygens (including phenoxy) is 1. The van der Waals surface area contributed by atoms with Crippen LogP contribution in [0.1, 0.15) is 24.9 Å². The Morgan fingerprint density at radius 1 is 1.35 bits per heavy atom. The molecule has 0 aliphatic carbocycles. The molecule has 0 radical (unpaired) electrons. The fourth-order valence-electron chi connectivity index (χ4n) is 1.49. The normalized spacial score (nSPS) is 12.4. The van der Waals surface area contributed by atoms with Gasteiger partial charge in [-0.15, -0.1) is 5.10 Å². The van der Waals surface area contributed by atoms with E-state index in [0.29, 0.717) is 11.8 Å². The molecule has 1 aromatic carbocycles. The third kappa shape index (κ3) is 2.82. The van der Waals surface area contributed by atoms with Crippen molar-refractivity contribution in [3.8, 4) is 11.8 Å². The quantitative estimate of drug-likeness (QED) is 0.875. The Labute approximate surface area is 100 Å². The van der Waals surface area contributed by atoms with Gasteiger partial charge in [-0.3, -0.25) is 4.68 Å². The van der Waals surface area contributed by atoms with Gasteiger partial charge < -0.3 is 10.5 Å². The molecule has 2 aromatic rings. The first-order valence-electron chi connectivity index (χ1n) is 5.58. The summed E-state index contributed by atoms with van der Waals surface area (Å²) < 4.78 is 7.08. The molecule has 0 bridgehead atoms. The number of aromatic nitrogens is 3. The fraction of sp³-hybridized carbons (Fsp3) is 0.333. The van der Waals surface area contributed by atoms with E-state index >= 15 is 0 Å². The van der Waals surface area contributed by atoms with Gasteiger partial charge in [0, 0.05) is 13.1 Å². The summed E-state index contributed by atoms with van der Waals surface area (Å²) in [7, 11) is 1.79. The highest BCUT2D eigenvalue weighted by Gasteiger charge is 2.05. The molecule has 0 fully saturated rings. The summed E-state index contributed by atoms with van der Waals surface area (Å²) in [5, 5.41) is 4.04. The molecule has 1 unspecified atom stereocenters. The van der Waals surface area contributed by atoms with E-state index in [0.717, 1.165) is 12.0 Å². The predicted molar refractivity (Wildman–Crippen MR) is 64.7 cm³/mol. The number of benzene rings is 1. The average Bonchev–Trinajstić information content (AvgIpc) is 2.75. The van der Waals surface area contributed by atoms with Crippen molar-refractivity contribution in [1.29, 1.82) is 0 Å². The van der Waals surface area contributed by atoms with Gasteiger partial charge in [0.2, 0.25) is 0 Å². The lowest BCUT2D eigenvalue weighted by molar-refractivity contribution is 0.438. The molecule has 2 N–H and O–H groups in total. The van der Waals surface area contributed by atoms with Crippen LogP contribution < -0.4 is 10.5 Å². The lowest BCUT2D eigenvalue weighted by Crippen LogP contribution is -2.08. The highest BCUT2D eigenvalue weighted by molar-refractivity contribution is 5.30. The van der Waals surface area contributed by atoms with E-state index in [1.807, 2.05) is 24.3 Å². The SMILES string of the molecule is CCC(N)c1ccc(Oc2ncn(C)n2)cc1. The lowest BCUT2D eigenvalue weighted by Gasteiger charge is -2.09. The van der Waals surface area contributed by atoms with Crippen LogP contribution in [-0.2, 0) is 7.05 Å². The van der Waals surface area contributed by atoms with Gasteiger partial charge in [-0.05, 0) is 24.1 Å². The van der Waals surface area contributed by atoms with E-state index in [4.69, 9.17) is 10.5 Å². The Morgan fingerprint density at radius 2 is 2.06 bits per heavy atom. The van der Waals surface area contributed by atoms with Crippen molar-refractivity contribution in [1.82, 2.24) is 14.8 Å². The maximum Gasteiger partial charge on any atom is 0.340 e. The zero-order valence-corrected chi connectivity index (χ0v) is 10.00. The van der Waals surface area contributed by atoms with Crippen molar-refractivity contribution in [2.45, 2.75) is 19.4 Å². The minimum absolute atomic E-state index is 0.0806. The second-order valence-electron chi connectivity index (χ2n) is 3.89. The molecule has 1 atom stereocenters. The highest BCUT2D eigenvalue weighted by Crippen LogP contribution is 2.21. The van der Waals surface area contributed by atoms with Crippen molar-refractivity contribution < 1.29 is 4.74 Å². The molecule has 1 aromatic heterocycles. The van der Waals surface area contributed by atoms with Crippen LogP contribution >= 0.6 is 0 Å². The Morgan fingerprint density at radius 3 is 2.59 bits per heavy atom. The second kappa shape index (κ2) is 4.97. The number of rotatable bonds is 4. The summed E-state index contributed by atoms with van der Waals surface area (Å²) in [6.45, 7) is 2.06. The van der Waals surface area contributed by atoms with Gasteiger partial charge in [-0.1, -0.05) is 19.1 Å². The van der Waals surface area contributed by atoms with Gasteiger partial charge in [0.05, 0.1) is 0 Å². The summed E-state index contributed by atoms with van der Waals surface area (Å²) in [6.07, 6.45) is 2.51. The molecule has 1 heterocycles. The van der Waals surface area contributed by atoms with Crippen molar-refractivity contribution in [3.63, 3.8) is 0 Å². The van der Waals surface area contributed by atoms with E-state index in [1.165, 1.54) is 0 Å². The molecule has 17 heavy (non-hydrogen) atoms. The van der Waals surface area contributed by atoms with Crippen LogP contribution in [0.15, 0.2) is 30.6 Å². The molecular weight excluding hydrogens is 216 g/mol. The van der Waals surface area contributed by atoms with E-state index in [9.17, 15) is 0 Å². The van der Waals surface area contributed by atoms with Crippen LogP contribution in [-0.4, -0.2) is 14.8 Å².